The number of hydrogen-bond acceptors (Lipinski definition) is 3. The standard InChI is InChI=1S/C22H22ClN2O2P/c1-3-27-28(2)15-16-7-9-17(10-8-16)22(26)25-18-11-12-20(23)19(14-18)21-6-4-5-13-24-21/h4-14H,3,15H2,1-2H3,(H,25,26). The Bertz CT molecular complexity index is 933. The second-order valence-electron chi connectivity index (χ2n) is 6.26. The van der Waals surface area contributed by atoms with Crippen LogP contribution < -0.4 is 5.32 Å². The van der Waals surface area contributed by atoms with Gasteiger partial charge < -0.3 is 9.84 Å². The lowest BCUT2D eigenvalue weighted by Gasteiger charge is -2.12. The van der Waals surface area contributed by atoms with E-state index in [-0.39, 0.29) is 5.91 Å². The van der Waals surface area contributed by atoms with Gasteiger partial charge in [-0.15, -0.1) is 0 Å². The Balaban J connectivity index is 1.71. The molecule has 1 heterocycles. The van der Waals surface area contributed by atoms with Crippen molar-refractivity contribution in [3.05, 3.63) is 83.0 Å². The average molecular weight is 413 g/mol. The molecule has 1 aromatic heterocycles. The molecular weight excluding hydrogens is 391 g/mol. The van der Waals surface area contributed by atoms with Crippen LogP contribution in [-0.2, 0) is 10.7 Å². The largest absolute Gasteiger partial charge is 0.359 e. The van der Waals surface area contributed by atoms with Crippen LogP contribution in [0.3, 0.4) is 0 Å². The maximum absolute atomic E-state index is 12.6. The molecule has 2 aromatic carbocycles. The summed E-state index contributed by atoms with van der Waals surface area (Å²) in [6.45, 7) is 4.84. The molecule has 0 radical (unpaired) electrons. The highest BCUT2D eigenvalue weighted by atomic mass is 35.5. The van der Waals surface area contributed by atoms with E-state index in [1.165, 1.54) is 5.56 Å². The third kappa shape index (κ3) is 5.39. The fraction of sp³-hybridized carbons (Fsp3) is 0.182. The Hall–Kier alpha value is -2.26. The number of amides is 1. The number of aromatic nitrogens is 1. The molecule has 0 fully saturated rings. The summed E-state index contributed by atoms with van der Waals surface area (Å²) in [4.78, 5) is 16.9. The number of rotatable bonds is 7. The molecule has 1 N–H and O–H groups in total. The van der Waals surface area contributed by atoms with Crippen LogP contribution in [0.5, 0.6) is 0 Å². The predicted octanol–water partition coefficient (Wildman–Crippen LogP) is 6.22. The molecule has 0 aliphatic carbocycles. The summed E-state index contributed by atoms with van der Waals surface area (Å²) < 4.78 is 5.63. The zero-order valence-corrected chi connectivity index (χ0v) is 17.5. The van der Waals surface area contributed by atoms with Crippen molar-refractivity contribution in [1.29, 1.82) is 0 Å². The van der Waals surface area contributed by atoms with Gasteiger partial charge in [-0.2, -0.15) is 0 Å². The van der Waals surface area contributed by atoms with Gasteiger partial charge in [-0.05, 0) is 61.6 Å². The van der Waals surface area contributed by atoms with Crippen LogP contribution in [0.1, 0.15) is 22.8 Å². The third-order valence-corrected chi connectivity index (χ3v) is 5.97. The topological polar surface area (TPSA) is 51.2 Å². The van der Waals surface area contributed by atoms with Gasteiger partial charge in [0.1, 0.15) is 0 Å². The number of carbonyl (C=O) groups is 1. The molecule has 0 aliphatic heterocycles. The number of hydrogen-bond donors (Lipinski definition) is 1. The van der Waals surface area contributed by atoms with Crippen molar-refractivity contribution in [3.8, 4) is 11.3 Å². The Morgan fingerprint density at radius 1 is 1.14 bits per heavy atom. The number of nitrogens with zero attached hydrogens (tertiary/aromatic N) is 1. The number of carbonyl (C=O) groups excluding carboxylic acids is 1. The van der Waals surface area contributed by atoms with E-state index < -0.39 is 8.15 Å². The first-order chi connectivity index (χ1) is 13.6. The van der Waals surface area contributed by atoms with E-state index in [0.29, 0.717) is 16.3 Å². The molecule has 3 aromatic rings. The van der Waals surface area contributed by atoms with Gasteiger partial charge in [0.05, 0.1) is 10.7 Å². The summed E-state index contributed by atoms with van der Waals surface area (Å²) >= 11 is 6.30. The summed E-state index contributed by atoms with van der Waals surface area (Å²) in [5.41, 5.74) is 3.99. The van der Waals surface area contributed by atoms with Crippen LogP contribution in [0.4, 0.5) is 5.69 Å². The van der Waals surface area contributed by atoms with Crippen LogP contribution in [0.15, 0.2) is 66.9 Å². The second kappa shape index (κ2) is 9.79. The van der Waals surface area contributed by atoms with E-state index in [0.717, 1.165) is 24.0 Å². The number of benzene rings is 2. The lowest BCUT2D eigenvalue weighted by molar-refractivity contribution is 0.102. The number of anilines is 1. The normalized spacial score (nSPS) is 11.8. The van der Waals surface area contributed by atoms with Gasteiger partial charge in [0.2, 0.25) is 0 Å². The molecule has 28 heavy (non-hydrogen) atoms. The van der Waals surface area contributed by atoms with Gasteiger partial charge in [-0.25, -0.2) is 0 Å². The first-order valence-electron chi connectivity index (χ1n) is 9.02. The SMILES string of the molecule is CCOP(C)Cc1ccc(C(=O)Nc2ccc(Cl)c(-c3ccccn3)c2)cc1. The third-order valence-electron chi connectivity index (χ3n) is 4.14. The van der Waals surface area contributed by atoms with Gasteiger partial charge in [0, 0.05) is 43.9 Å². The quantitative estimate of drug-likeness (QED) is 0.469. The van der Waals surface area contributed by atoms with Gasteiger partial charge in [-0.1, -0.05) is 29.8 Å². The van der Waals surface area contributed by atoms with Crippen molar-refractivity contribution in [2.24, 2.45) is 0 Å². The van der Waals surface area contributed by atoms with Gasteiger partial charge in [0.15, 0.2) is 0 Å². The Labute approximate surface area is 171 Å². The molecule has 1 atom stereocenters. The molecular formula is C22H22ClN2O2P. The van der Waals surface area contributed by atoms with Gasteiger partial charge >= 0.3 is 0 Å². The highest BCUT2D eigenvalue weighted by Crippen LogP contribution is 2.36. The summed E-state index contributed by atoms with van der Waals surface area (Å²) in [5, 5.41) is 3.52. The van der Waals surface area contributed by atoms with Crippen molar-refractivity contribution >= 4 is 31.3 Å². The van der Waals surface area contributed by atoms with Crippen LogP contribution in [0.25, 0.3) is 11.3 Å². The molecule has 0 bridgehead atoms. The number of halogens is 1. The van der Waals surface area contributed by atoms with E-state index in [9.17, 15) is 4.79 Å². The highest BCUT2D eigenvalue weighted by molar-refractivity contribution is 7.50. The molecule has 144 valence electrons. The molecule has 6 heteroatoms. The number of nitrogens with one attached hydrogen (secondary N) is 1. The zero-order valence-electron chi connectivity index (χ0n) is 15.9. The Morgan fingerprint density at radius 3 is 2.61 bits per heavy atom. The van der Waals surface area contributed by atoms with Crippen LogP contribution >= 0.6 is 19.7 Å². The van der Waals surface area contributed by atoms with Crippen molar-refractivity contribution in [1.82, 2.24) is 4.98 Å². The van der Waals surface area contributed by atoms with E-state index in [1.54, 1.807) is 18.3 Å². The average Bonchev–Trinajstić information content (AvgIpc) is 2.71. The Morgan fingerprint density at radius 2 is 1.93 bits per heavy atom. The van der Waals surface area contributed by atoms with Crippen molar-refractivity contribution in [2.75, 3.05) is 18.6 Å². The van der Waals surface area contributed by atoms with Crippen molar-refractivity contribution in [2.45, 2.75) is 13.1 Å². The molecule has 0 spiro atoms. The molecule has 1 unspecified atom stereocenters. The smallest absolute Gasteiger partial charge is 0.255 e. The lowest BCUT2D eigenvalue weighted by atomic mass is 10.1. The minimum absolute atomic E-state index is 0.163. The molecule has 0 saturated carbocycles. The molecule has 1 amide bonds. The lowest BCUT2D eigenvalue weighted by Crippen LogP contribution is -2.12. The predicted molar refractivity (Wildman–Crippen MR) is 117 cm³/mol. The highest BCUT2D eigenvalue weighted by Gasteiger charge is 2.10. The van der Waals surface area contributed by atoms with Crippen molar-refractivity contribution < 1.29 is 9.32 Å². The van der Waals surface area contributed by atoms with Gasteiger partial charge in [0.25, 0.3) is 5.91 Å². The summed E-state index contributed by atoms with van der Waals surface area (Å²) in [6.07, 6.45) is 2.60. The minimum atomic E-state index is -0.470. The van der Waals surface area contributed by atoms with Crippen LogP contribution in [0, 0.1) is 0 Å². The minimum Gasteiger partial charge on any atom is -0.359 e. The first kappa shape index (κ1) is 20.5. The van der Waals surface area contributed by atoms with E-state index in [4.69, 9.17) is 16.1 Å². The van der Waals surface area contributed by atoms with Gasteiger partial charge in [-0.3, -0.25) is 9.78 Å². The summed E-state index contributed by atoms with van der Waals surface area (Å²) in [7, 11) is -0.470. The van der Waals surface area contributed by atoms with E-state index in [1.807, 2.05) is 55.5 Å². The molecule has 3 rings (SSSR count). The monoisotopic (exact) mass is 412 g/mol. The zero-order chi connectivity index (χ0) is 19.9. The number of pyridine rings is 1. The Kier molecular flexibility index (Phi) is 7.16. The summed E-state index contributed by atoms with van der Waals surface area (Å²) in [6, 6.07) is 18.7. The van der Waals surface area contributed by atoms with Crippen LogP contribution in [0.2, 0.25) is 5.02 Å². The fourth-order valence-electron chi connectivity index (χ4n) is 2.81. The van der Waals surface area contributed by atoms with Crippen LogP contribution in [-0.4, -0.2) is 24.2 Å². The van der Waals surface area contributed by atoms with Crippen molar-refractivity contribution in [3.63, 3.8) is 0 Å². The second-order valence-corrected chi connectivity index (χ2v) is 8.50. The maximum atomic E-state index is 12.6. The molecule has 4 nitrogen and oxygen atoms in total. The first-order valence-corrected chi connectivity index (χ1v) is 11.3. The van der Waals surface area contributed by atoms with E-state index >= 15 is 0 Å². The summed E-state index contributed by atoms with van der Waals surface area (Å²) in [5.74, 6) is -0.163. The molecule has 0 saturated heterocycles. The molecule has 0 aliphatic rings. The maximum Gasteiger partial charge on any atom is 0.255 e. The van der Waals surface area contributed by atoms with E-state index in [2.05, 4.69) is 17.0 Å². The fourth-order valence-corrected chi connectivity index (χ4v) is 4.28.